The van der Waals surface area contributed by atoms with Crippen LogP contribution < -0.4 is 41.8 Å². The number of benzene rings is 4. The van der Waals surface area contributed by atoms with Crippen molar-refractivity contribution in [3.8, 4) is 39.8 Å². The highest BCUT2D eigenvalue weighted by Gasteiger charge is 2.35. The number of hydrogen-bond donors (Lipinski definition) is 6. The smallest absolute Gasteiger partial charge is 0.407 e. The lowest BCUT2D eigenvalue weighted by Gasteiger charge is -2.32. The lowest BCUT2D eigenvalue weighted by molar-refractivity contribution is -0.141. The minimum Gasteiger partial charge on any atom is -0.491 e. The number of nitrogens with zero attached hydrogens (tertiary/aromatic N) is 2. The lowest BCUT2D eigenvalue weighted by Crippen LogP contribution is -2.55. The molecule has 0 saturated carbocycles. The molecule has 0 spiro atoms. The van der Waals surface area contributed by atoms with Crippen LogP contribution in [0, 0.1) is 18.3 Å². The number of carbonyl (C=O) groups is 6. The summed E-state index contributed by atoms with van der Waals surface area (Å²) in [5, 5.41) is 23.6. The van der Waals surface area contributed by atoms with E-state index in [0.29, 0.717) is 22.4 Å². The van der Waals surface area contributed by atoms with Gasteiger partial charge in [-0.2, -0.15) is 5.26 Å². The van der Waals surface area contributed by atoms with E-state index in [1.165, 1.54) is 14.0 Å². The van der Waals surface area contributed by atoms with Gasteiger partial charge in [-0.1, -0.05) is 54.1 Å². The Balaban J connectivity index is 1.54. The summed E-state index contributed by atoms with van der Waals surface area (Å²) in [7, 11) is 1.39. The Morgan fingerprint density at radius 3 is 1.83 bits per heavy atom. The van der Waals surface area contributed by atoms with Gasteiger partial charge in [0.2, 0.25) is 17.7 Å². The summed E-state index contributed by atoms with van der Waals surface area (Å²) in [6.07, 6.45) is -1.22. The molecule has 1 aliphatic heterocycles. The molecule has 1 heterocycles. The third kappa shape index (κ3) is 15.2. The molecule has 7 N–H and O–H groups in total. The fourth-order valence-electron chi connectivity index (χ4n) is 7.32. The minimum absolute atomic E-state index is 0.0125. The average molecular weight is 961 g/mol. The topological polar surface area (TPSA) is 253 Å². The number of rotatable bonds is 14. The Hall–Kier alpha value is -7.65. The molecule has 4 aromatic carbocycles. The van der Waals surface area contributed by atoms with Gasteiger partial charge in [0.1, 0.15) is 60.1 Å². The second-order valence-corrected chi connectivity index (χ2v) is 18.8. The van der Waals surface area contributed by atoms with Crippen molar-refractivity contribution in [1.29, 1.82) is 5.26 Å². The van der Waals surface area contributed by atoms with Crippen LogP contribution in [0.25, 0.3) is 22.3 Å². The molecule has 0 aliphatic carbocycles. The fourth-order valence-corrected chi connectivity index (χ4v) is 7.32. The van der Waals surface area contributed by atoms with Crippen molar-refractivity contribution in [2.75, 3.05) is 39.9 Å². The monoisotopic (exact) mass is 960 g/mol. The summed E-state index contributed by atoms with van der Waals surface area (Å²) in [6, 6.07) is 22.0. The normalized spacial score (nSPS) is 16.4. The maximum absolute atomic E-state index is 14.6. The number of fused-ring (bicyclic) bond motifs is 5. The minimum atomic E-state index is -1.44. The van der Waals surface area contributed by atoms with E-state index < -0.39 is 71.2 Å². The molecule has 18 nitrogen and oxygen atoms in total. The van der Waals surface area contributed by atoms with Gasteiger partial charge >= 0.3 is 12.2 Å². The number of ether oxygens (including phenoxy) is 4. The van der Waals surface area contributed by atoms with Gasteiger partial charge in [-0.05, 0) is 114 Å². The quantitative estimate of drug-likeness (QED) is 0.0862. The van der Waals surface area contributed by atoms with E-state index in [1.54, 1.807) is 102 Å². The predicted octanol–water partition coefficient (Wildman–Crippen LogP) is 5.46. The molecule has 372 valence electrons. The molecule has 0 saturated heterocycles. The van der Waals surface area contributed by atoms with Crippen molar-refractivity contribution < 1.29 is 47.7 Å². The summed E-state index contributed by atoms with van der Waals surface area (Å²) in [5.41, 5.74) is 9.63. The van der Waals surface area contributed by atoms with E-state index in [0.717, 1.165) is 21.6 Å². The zero-order valence-electron chi connectivity index (χ0n) is 41.2. The van der Waals surface area contributed by atoms with Gasteiger partial charge in [0.15, 0.2) is 0 Å². The first-order valence-corrected chi connectivity index (χ1v) is 23.0. The number of aryl methyl sites for hydroxylation is 1. The van der Waals surface area contributed by atoms with Gasteiger partial charge in [0.05, 0.1) is 19.2 Å². The molecule has 18 heteroatoms. The van der Waals surface area contributed by atoms with E-state index in [2.05, 4.69) is 32.7 Å². The first-order valence-electron chi connectivity index (χ1n) is 23.0. The van der Waals surface area contributed by atoms with Crippen LogP contribution >= 0.6 is 0 Å². The van der Waals surface area contributed by atoms with Crippen LogP contribution in [0.2, 0.25) is 0 Å². The second-order valence-electron chi connectivity index (χ2n) is 18.8. The van der Waals surface area contributed by atoms with Gasteiger partial charge in [-0.3, -0.25) is 19.2 Å². The van der Waals surface area contributed by atoms with Crippen LogP contribution in [0.1, 0.15) is 81.6 Å². The van der Waals surface area contributed by atoms with E-state index in [9.17, 15) is 34.0 Å². The van der Waals surface area contributed by atoms with E-state index >= 15 is 0 Å². The summed E-state index contributed by atoms with van der Waals surface area (Å²) >= 11 is 0. The Morgan fingerprint density at radius 2 is 1.30 bits per heavy atom. The molecular weight excluding hydrogens is 897 g/mol. The molecule has 6 amide bonds. The van der Waals surface area contributed by atoms with Gasteiger partial charge in [-0.15, -0.1) is 0 Å². The molecule has 4 aromatic rings. The largest absolute Gasteiger partial charge is 0.491 e. The average Bonchev–Trinajstić information content (AvgIpc) is 3.29. The van der Waals surface area contributed by atoms with Gasteiger partial charge in [-0.25, -0.2) is 9.59 Å². The summed E-state index contributed by atoms with van der Waals surface area (Å²) in [5.74, 6) is -2.11. The maximum atomic E-state index is 14.6. The number of nitrogens with two attached hydrogens (primary N) is 1. The standard InChI is InChI=1S/C52H64N8O10/c1-31-10-13-34(14-11-31)35-15-17-36(18-16-35)46(62)59-41(30-54)48(64)60(9)44-37-19-21-43(68-25-23-56-50(66)70-52(6,7)8)40(28-37)39-27-33(26-38(29-53)58-45(61)32(2)57-47(44)63)12-20-42(39)67-24-22-55-49(65)69-51(3,4)5/h10-21,27-28,32,38,41,44H,22-26,30,54H2,1-9H3,(H,55,65)(H,56,66)(H,57,63)(H,58,61)(H,59,62)/t32-,38-,41-,44-/m0/s1. The molecule has 4 bridgehead atoms. The van der Waals surface area contributed by atoms with Crippen LogP contribution in [-0.2, 0) is 30.3 Å². The van der Waals surface area contributed by atoms with Crippen molar-refractivity contribution in [3.05, 3.63) is 107 Å². The molecule has 0 unspecified atom stereocenters. The Kier molecular flexibility index (Phi) is 18.0. The van der Waals surface area contributed by atoms with Crippen LogP contribution in [0.15, 0.2) is 84.9 Å². The summed E-state index contributed by atoms with van der Waals surface area (Å²) < 4.78 is 23.3. The van der Waals surface area contributed by atoms with Crippen molar-refractivity contribution in [2.24, 2.45) is 5.73 Å². The molecule has 70 heavy (non-hydrogen) atoms. The Bertz CT molecular complexity index is 2560. The molecule has 5 rings (SSSR count). The lowest BCUT2D eigenvalue weighted by atomic mass is 9.93. The number of alkyl carbamates (subject to hydrolysis) is 2. The highest BCUT2D eigenvalue weighted by Crippen LogP contribution is 2.40. The molecule has 1 aliphatic rings. The van der Waals surface area contributed by atoms with Gasteiger partial charge in [0.25, 0.3) is 5.91 Å². The second kappa shape index (κ2) is 23.6. The number of likely N-dealkylation sites (N-methyl/N-ethyl adjacent to an activating group) is 1. The number of nitriles is 1. The predicted molar refractivity (Wildman–Crippen MR) is 263 cm³/mol. The Labute approximate surface area is 408 Å². The van der Waals surface area contributed by atoms with Crippen LogP contribution in [0.5, 0.6) is 11.5 Å². The highest BCUT2D eigenvalue weighted by atomic mass is 16.6. The number of amides is 6. The SMILES string of the molecule is Cc1ccc(-c2ccc(C(=O)N[C@@H](CN)C(=O)N(C)[C@@H]3C(=O)N[C@@H](C)C(=O)N[C@H](C#N)Cc4ccc(OCCNC(=O)OC(C)(C)C)c(c4)-c4cc3ccc4OCCNC(=O)OC(C)(C)C)cc2)cc1. The van der Waals surface area contributed by atoms with E-state index in [1.807, 2.05) is 31.2 Å². The first kappa shape index (κ1) is 53.3. The zero-order valence-corrected chi connectivity index (χ0v) is 41.2. The van der Waals surface area contributed by atoms with Crippen molar-refractivity contribution in [1.82, 2.24) is 31.5 Å². The van der Waals surface area contributed by atoms with Gasteiger partial charge < -0.3 is 56.2 Å². The third-order valence-electron chi connectivity index (χ3n) is 10.7. The molecule has 0 radical (unpaired) electrons. The summed E-state index contributed by atoms with van der Waals surface area (Å²) in [6.45, 7) is 13.6. The van der Waals surface area contributed by atoms with Gasteiger partial charge in [0, 0.05) is 36.7 Å². The molecular formula is C52H64N8O10. The number of carbonyl (C=O) groups excluding carboxylic acids is 6. The van der Waals surface area contributed by atoms with Crippen LogP contribution in [-0.4, -0.2) is 110 Å². The maximum Gasteiger partial charge on any atom is 0.407 e. The highest BCUT2D eigenvalue weighted by molar-refractivity contribution is 5.99. The number of hydrogen-bond acceptors (Lipinski definition) is 12. The van der Waals surface area contributed by atoms with Crippen molar-refractivity contribution >= 4 is 35.8 Å². The first-order chi connectivity index (χ1) is 33.0. The van der Waals surface area contributed by atoms with Crippen LogP contribution in [0.3, 0.4) is 0 Å². The van der Waals surface area contributed by atoms with E-state index in [4.69, 9.17) is 24.7 Å². The molecule has 0 aromatic heterocycles. The summed E-state index contributed by atoms with van der Waals surface area (Å²) in [4.78, 5) is 82.3. The Morgan fingerprint density at radius 1 is 0.771 bits per heavy atom. The van der Waals surface area contributed by atoms with Crippen molar-refractivity contribution in [2.45, 2.75) is 97.2 Å². The van der Waals surface area contributed by atoms with E-state index in [-0.39, 0.29) is 56.1 Å². The van der Waals surface area contributed by atoms with Crippen LogP contribution in [0.4, 0.5) is 9.59 Å². The third-order valence-corrected chi connectivity index (χ3v) is 10.7. The fraction of sp³-hybridized carbons (Fsp3) is 0.404. The van der Waals surface area contributed by atoms with Crippen molar-refractivity contribution in [3.63, 3.8) is 0 Å². The molecule has 0 fully saturated rings. The molecule has 4 atom stereocenters. The number of nitrogens with one attached hydrogen (secondary N) is 5. The zero-order chi connectivity index (χ0) is 51.3.